The average Bonchev–Trinajstić information content (AvgIpc) is 2.77. The van der Waals surface area contributed by atoms with Gasteiger partial charge in [-0.05, 0) is 0 Å². The number of carboxylic acids is 1. The first kappa shape index (κ1) is 13.0. The summed E-state index contributed by atoms with van der Waals surface area (Å²) in [4.78, 5) is 26.9. The van der Waals surface area contributed by atoms with Gasteiger partial charge in [0, 0.05) is 17.6 Å². The highest BCUT2D eigenvalue weighted by atomic mass is 32.2. The van der Waals surface area contributed by atoms with Gasteiger partial charge < -0.3 is 10.8 Å². The molecule has 2 aromatic heterocycles. The molecule has 18 heavy (non-hydrogen) atoms. The predicted molar refractivity (Wildman–Crippen MR) is 68.9 cm³/mol. The minimum absolute atomic E-state index is 0.237. The van der Waals surface area contributed by atoms with Crippen molar-refractivity contribution in [3.8, 4) is 0 Å². The van der Waals surface area contributed by atoms with Gasteiger partial charge in [0.05, 0.1) is 5.69 Å². The van der Waals surface area contributed by atoms with E-state index in [2.05, 4.69) is 10.1 Å². The van der Waals surface area contributed by atoms with E-state index >= 15 is 0 Å². The highest BCUT2D eigenvalue weighted by Crippen LogP contribution is 2.11. The number of thioether (sulfide) groups is 1. The largest absolute Gasteiger partial charge is 0.480 e. The Hall–Kier alpha value is -1.45. The predicted octanol–water partition coefficient (Wildman–Crippen LogP) is -0.204. The van der Waals surface area contributed by atoms with Gasteiger partial charge in [0.25, 0.3) is 5.56 Å². The molecular formula is C9H10N4O3S2. The Morgan fingerprint density at radius 1 is 1.67 bits per heavy atom. The van der Waals surface area contributed by atoms with Crippen LogP contribution >= 0.6 is 23.1 Å². The highest BCUT2D eigenvalue weighted by Gasteiger charge is 2.11. The van der Waals surface area contributed by atoms with Gasteiger partial charge in [-0.2, -0.15) is 21.4 Å². The van der Waals surface area contributed by atoms with E-state index in [-0.39, 0.29) is 11.3 Å². The molecule has 0 saturated carbocycles. The first-order valence-corrected chi connectivity index (χ1v) is 7.00. The first-order chi connectivity index (χ1) is 8.58. The Kier molecular flexibility index (Phi) is 3.94. The van der Waals surface area contributed by atoms with E-state index in [1.54, 1.807) is 5.51 Å². The minimum Gasteiger partial charge on any atom is -0.480 e. The van der Waals surface area contributed by atoms with Crippen LogP contribution in [0, 0.1) is 0 Å². The van der Waals surface area contributed by atoms with Crippen LogP contribution in [-0.4, -0.2) is 37.5 Å². The number of hydrogen-bond acceptors (Lipinski definition) is 7. The Labute approximate surface area is 110 Å². The molecular weight excluding hydrogens is 276 g/mol. The lowest BCUT2D eigenvalue weighted by atomic mass is 10.4. The zero-order valence-corrected chi connectivity index (χ0v) is 10.8. The molecule has 2 rings (SSSR count). The fraction of sp³-hybridized carbons (Fsp3) is 0.333. The quantitative estimate of drug-likeness (QED) is 0.782. The molecule has 0 aliphatic rings. The van der Waals surface area contributed by atoms with Crippen molar-refractivity contribution in [2.24, 2.45) is 5.73 Å². The number of aliphatic carboxylic acids is 1. The molecule has 2 heterocycles. The number of carboxylic acid groups (broad SMARTS) is 1. The molecule has 9 heteroatoms. The third kappa shape index (κ3) is 2.86. The van der Waals surface area contributed by atoms with Crippen LogP contribution in [-0.2, 0) is 10.5 Å². The van der Waals surface area contributed by atoms with Crippen LogP contribution < -0.4 is 11.3 Å². The van der Waals surface area contributed by atoms with Gasteiger partial charge in [0.2, 0.25) is 4.96 Å². The highest BCUT2D eigenvalue weighted by molar-refractivity contribution is 7.98. The van der Waals surface area contributed by atoms with Crippen LogP contribution in [0.25, 0.3) is 4.96 Å². The lowest BCUT2D eigenvalue weighted by Crippen LogP contribution is -2.32. The maximum atomic E-state index is 11.6. The summed E-state index contributed by atoms with van der Waals surface area (Å²) in [7, 11) is 0. The second-order valence-corrected chi connectivity index (χ2v) is 5.32. The van der Waals surface area contributed by atoms with E-state index in [1.165, 1.54) is 33.7 Å². The zero-order valence-electron chi connectivity index (χ0n) is 9.15. The van der Waals surface area contributed by atoms with Crippen LogP contribution in [0.4, 0.5) is 0 Å². The van der Waals surface area contributed by atoms with E-state index in [4.69, 9.17) is 10.8 Å². The van der Waals surface area contributed by atoms with E-state index in [0.717, 1.165) is 0 Å². The molecule has 7 nitrogen and oxygen atoms in total. The number of nitrogens with two attached hydrogens (primary N) is 1. The van der Waals surface area contributed by atoms with Gasteiger partial charge in [-0.3, -0.25) is 9.59 Å². The lowest BCUT2D eigenvalue weighted by molar-refractivity contribution is -0.137. The van der Waals surface area contributed by atoms with E-state index in [0.29, 0.717) is 16.4 Å². The topological polar surface area (TPSA) is 111 Å². The number of fused-ring (bicyclic) bond motifs is 1. The van der Waals surface area contributed by atoms with Crippen molar-refractivity contribution in [2.45, 2.75) is 11.8 Å². The molecule has 96 valence electrons. The van der Waals surface area contributed by atoms with Crippen molar-refractivity contribution in [3.05, 3.63) is 27.6 Å². The summed E-state index contributed by atoms with van der Waals surface area (Å²) in [5, 5.41) is 12.5. The first-order valence-electron chi connectivity index (χ1n) is 4.96. The lowest BCUT2D eigenvalue weighted by Gasteiger charge is -2.05. The van der Waals surface area contributed by atoms with Gasteiger partial charge in [-0.15, -0.1) is 0 Å². The van der Waals surface area contributed by atoms with Crippen LogP contribution in [0.15, 0.2) is 16.4 Å². The third-order valence-electron chi connectivity index (χ3n) is 2.10. The molecule has 0 aliphatic heterocycles. The number of rotatable bonds is 5. The summed E-state index contributed by atoms with van der Waals surface area (Å²) in [5.74, 6) is -0.308. The smallest absolute Gasteiger partial charge is 0.321 e. The molecule has 1 atom stereocenters. The molecule has 0 radical (unpaired) electrons. The second-order valence-electron chi connectivity index (χ2n) is 3.48. The Morgan fingerprint density at radius 2 is 2.44 bits per heavy atom. The number of hydrogen-bond donors (Lipinski definition) is 2. The molecule has 0 amide bonds. The maximum Gasteiger partial charge on any atom is 0.321 e. The normalized spacial score (nSPS) is 12.7. The van der Waals surface area contributed by atoms with Crippen LogP contribution in [0.3, 0.4) is 0 Å². The Morgan fingerprint density at radius 3 is 3.17 bits per heavy atom. The summed E-state index contributed by atoms with van der Waals surface area (Å²) in [5.41, 5.74) is 7.28. The Balaban J connectivity index is 2.04. The SMILES string of the molecule is NC(CSCc1cc(=O)n2ncsc2n1)C(=O)O. The molecule has 0 fully saturated rings. The van der Waals surface area contributed by atoms with Crippen molar-refractivity contribution in [1.82, 2.24) is 14.6 Å². The van der Waals surface area contributed by atoms with Crippen molar-refractivity contribution < 1.29 is 9.90 Å². The van der Waals surface area contributed by atoms with Crippen molar-refractivity contribution in [1.29, 1.82) is 0 Å². The van der Waals surface area contributed by atoms with Crippen LogP contribution in [0.5, 0.6) is 0 Å². The molecule has 0 saturated heterocycles. The monoisotopic (exact) mass is 286 g/mol. The van der Waals surface area contributed by atoms with Gasteiger partial charge in [0.15, 0.2) is 0 Å². The van der Waals surface area contributed by atoms with Crippen molar-refractivity contribution >= 4 is 34.0 Å². The fourth-order valence-corrected chi connectivity index (χ4v) is 2.75. The maximum absolute atomic E-state index is 11.6. The van der Waals surface area contributed by atoms with Crippen LogP contribution in [0.2, 0.25) is 0 Å². The van der Waals surface area contributed by atoms with Gasteiger partial charge in [0.1, 0.15) is 11.6 Å². The number of nitrogens with zero attached hydrogens (tertiary/aromatic N) is 3. The van der Waals surface area contributed by atoms with E-state index < -0.39 is 12.0 Å². The van der Waals surface area contributed by atoms with E-state index in [9.17, 15) is 9.59 Å². The van der Waals surface area contributed by atoms with Crippen molar-refractivity contribution in [3.63, 3.8) is 0 Å². The summed E-state index contributed by atoms with van der Waals surface area (Å²) < 4.78 is 1.22. The van der Waals surface area contributed by atoms with Gasteiger partial charge in [-0.25, -0.2) is 4.98 Å². The summed E-state index contributed by atoms with van der Waals surface area (Å²) in [6.07, 6.45) is 0. The zero-order chi connectivity index (χ0) is 13.1. The molecule has 0 aromatic carbocycles. The number of carbonyl (C=O) groups is 1. The average molecular weight is 286 g/mol. The fourth-order valence-electron chi connectivity index (χ4n) is 1.24. The molecule has 0 aliphatic carbocycles. The van der Waals surface area contributed by atoms with E-state index in [1.807, 2.05) is 0 Å². The minimum atomic E-state index is -1.03. The van der Waals surface area contributed by atoms with Gasteiger partial charge in [-0.1, -0.05) is 11.3 Å². The molecule has 1 unspecified atom stereocenters. The standard InChI is InChI=1S/C9H10N4O3S2/c10-6(8(15)16)3-17-2-5-1-7(14)13-9(12-5)18-4-11-13/h1,4,6H,2-3,10H2,(H,15,16). The summed E-state index contributed by atoms with van der Waals surface area (Å²) in [6, 6.07) is 0.495. The molecule has 2 aromatic rings. The molecule has 3 N–H and O–H groups in total. The van der Waals surface area contributed by atoms with Crippen LogP contribution in [0.1, 0.15) is 5.69 Å². The second kappa shape index (κ2) is 5.46. The Bertz CT molecular complexity index is 624. The summed E-state index contributed by atoms with van der Waals surface area (Å²) in [6.45, 7) is 0. The number of aromatic nitrogens is 3. The van der Waals surface area contributed by atoms with Crippen molar-refractivity contribution in [2.75, 3.05) is 5.75 Å². The van der Waals surface area contributed by atoms with Gasteiger partial charge >= 0.3 is 5.97 Å². The summed E-state index contributed by atoms with van der Waals surface area (Å²) >= 11 is 2.60. The molecule has 0 bridgehead atoms. The third-order valence-corrected chi connectivity index (χ3v) is 3.87. The molecule has 0 spiro atoms.